The van der Waals surface area contributed by atoms with Gasteiger partial charge in [-0.25, -0.2) is 0 Å². The maximum absolute atomic E-state index is 13.2. The minimum atomic E-state index is -1.04. The van der Waals surface area contributed by atoms with Gasteiger partial charge in [0.05, 0.1) is 0 Å². The Morgan fingerprint density at radius 3 is 1.70 bits per heavy atom. The van der Waals surface area contributed by atoms with E-state index in [0.717, 1.165) is 0 Å². The van der Waals surface area contributed by atoms with Crippen molar-refractivity contribution in [2.45, 2.75) is 5.92 Å². The standard InChI is InChI=1S/C21H12N2O4/c22-14-4-2-1-3-9(14)17-18(24)10-5-7-12-16-13(21(27)23-20(12)26)8-6-11(15(10)16)19(17)25/h1-8,17H,22H2,(H,23,26,27). The molecule has 3 aromatic rings. The third kappa shape index (κ3) is 1.89. The summed E-state index contributed by atoms with van der Waals surface area (Å²) in [6, 6.07) is 12.9. The molecule has 6 nitrogen and oxygen atoms in total. The molecule has 0 unspecified atom stereocenters. The van der Waals surface area contributed by atoms with E-state index < -0.39 is 17.7 Å². The summed E-state index contributed by atoms with van der Waals surface area (Å²) in [7, 11) is 0. The van der Waals surface area contributed by atoms with Crippen LogP contribution in [0, 0.1) is 0 Å². The van der Waals surface area contributed by atoms with E-state index in [4.69, 9.17) is 5.73 Å². The van der Waals surface area contributed by atoms with Crippen molar-refractivity contribution in [3.63, 3.8) is 0 Å². The lowest BCUT2D eigenvalue weighted by Gasteiger charge is -2.27. The molecule has 2 aliphatic rings. The quantitative estimate of drug-likeness (QED) is 0.396. The molecule has 0 saturated carbocycles. The van der Waals surface area contributed by atoms with Gasteiger partial charge >= 0.3 is 0 Å². The molecule has 1 aliphatic carbocycles. The van der Waals surface area contributed by atoms with E-state index in [-0.39, 0.29) is 22.7 Å². The van der Waals surface area contributed by atoms with Gasteiger partial charge in [-0.2, -0.15) is 0 Å². The van der Waals surface area contributed by atoms with Crippen molar-refractivity contribution in [3.8, 4) is 0 Å². The van der Waals surface area contributed by atoms with E-state index in [2.05, 4.69) is 5.32 Å². The lowest BCUT2D eigenvalue weighted by atomic mass is 9.74. The van der Waals surface area contributed by atoms with Crippen molar-refractivity contribution in [3.05, 3.63) is 76.3 Å². The zero-order valence-electron chi connectivity index (χ0n) is 13.9. The van der Waals surface area contributed by atoms with E-state index in [1.54, 1.807) is 36.4 Å². The third-order valence-electron chi connectivity index (χ3n) is 5.24. The number of carbonyl (C=O) groups excluding carboxylic acids is 4. The summed E-state index contributed by atoms with van der Waals surface area (Å²) < 4.78 is 0. The molecule has 0 bridgehead atoms. The SMILES string of the molecule is Nc1ccccc1C1C(=O)c2ccc3c4c(ccc(c24)C1=O)C(=O)NC3=O. The molecular weight excluding hydrogens is 344 g/mol. The number of para-hydroxylation sites is 1. The van der Waals surface area contributed by atoms with Crippen molar-refractivity contribution in [2.24, 2.45) is 0 Å². The summed E-state index contributed by atoms with van der Waals surface area (Å²) in [6.07, 6.45) is 0. The Morgan fingerprint density at radius 2 is 1.15 bits per heavy atom. The Bertz CT molecular complexity index is 1170. The number of anilines is 1. The number of carbonyl (C=O) groups is 4. The highest BCUT2D eigenvalue weighted by atomic mass is 16.2. The van der Waals surface area contributed by atoms with Crippen LogP contribution in [0.2, 0.25) is 0 Å². The molecule has 0 atom stereocenters. The highest BCUT2D eigenvalue weighted by molar-refractivity contribution is 6.36. The van der Waals surface area contributed by atoms with Crippen LogP contribution >= 0.6 is 0 Å². The number of benzene rings is 3. The normalized spacial score (nSPS) is 16.0. The van der Waals surface area contributed by atoms with E-state index >= 15 is 0 Å². The summed E-state index contributed by atoms with van der Waals surface area (Å²) >= 11 is 0. The van der Waals surface area contributed by atoms with Crippen LogP contribution in [-0.4, -0.2) is 23.4 Å². The highest BCUT2D eigenvalue weighted by Crippen LogP contribution is 2.41. The van der Waals surface area contributed by atoms with Crippen LogP contribution in [0.15, 0.2) is 48.5 Å². The van der Waals surface area contributed by atoms with Crippen LogP contribution in [0.3, 0.4) is 0 Å². The summed E-state index contributed by atoms with van der Waals surface area (Å²) in [5.74, 6) is -2.87. The Labute approximate surface area is 153 Å². The molecule has 0 radical (unpaired) electrons. The Kier molecular flexibility index (Phi) is 2.92. The monoisotopic (exact) mass is 356 g/mol. The number of imide groups is 1. The first kappa shape index (κ1) is 15.5. The predicted molar refractivity (Wildman–Crippen MR) is 98.0 cm³/mol. The Hall–Kier alpha value is -3.80. The minimum absolute atomic E-state index is 0.281. The van der Waals surface area contributed by atoms with Crippen molar-refractivity contribution in [1.29, 1.82) is 0 Å². The van der Waals surface area contributed by atoms with Crippen molar-refractivity contribution in [1.82, 2.24) is 5.32 Å². The zero-order chi connectivity index (χ0) is 18.9. The van der Waals surface area contributed by atoms with Gasteiger partial charge in [-0.3, -0.25) is 24.5 Å². The molecule has 0 fully saturated rings. The molecule has 3 aromatic carbocycles. The number of rotatable bonds is 1. The number of hydrogen-bond donors (Lipinski definition) is 2. The van der Waals surface area contributed by atoms with Gasteiger partial charge in [0.1, 0.15) is 5.92 Å². The van der Waals surface area contributed by atoms with Crippen LogP contribution < -0.4 is 11.1 Å². The van der Waals surface area contributed by atoms with Gasteiger partial charge in [0.25, 0.3) is 11.8 Å². The van der Waals surface area contributed by atoms with Crippen LogP contribution in [0.25, 0.3) is 10.8 Å². The van der Waals surface area contributed by atoms with E-state index in [0.29, 0.717) is 33.2 Å². The number of nitrogens with one attached hydrogen (secondary N) is 1. The number of hydrogen-bond acceptors (Lipinski definition) is 5. The fourth-order valence-electron chi connectivity index (χ4n) is 4.01. The Balaban J connectivity index is 1.85. The van der Waals surface area contributed by atoms with Crippen LogP contribution in [0.5, 0.6) is 0 Å². The Morgan fingerprint density at radius 1 is 0.667 bits per heavy atom. The summed E-state index contributed by atoms with van der Waals surface area (Å²) in [5, 5.41) is 3.00. The maximum Gasteiger partial charge on any atom is 0.258 e. The highest BCUT2D eigenvalue weighted by Gasteiger charge is 2.40. The van der Waals surface area contributed by atoms with Gasteiger partial charge in [-0.15, -0.1) is 0 Å². The third-order valence-corrected chi connectivity index (χ3v) is 5.24. The fraction of sp³-hybridized carbons (Fsp3) is 0.0476. The fourth-order valence-corrected chi connectivity index (χ4v) is 4.01. The average molecular weight is 356 g/mol. The van der Waals surface area contributed by atoms with Gasteiger partial charge < -0.3 is 5.73 Å². The van der Waals surface area contributed by atoms with Gasteiger partial charge in [-0.05, 0) is 35.9 Å². The van der Waals surface area contributed by atoms with Gasteiger partial charge in [0.15, 0.2) is 11.6 Å². The number of ketones is 2. The molecule has 0 saturated heterocycles. The van der Waals surface area contributed by atoms with Gasteiger partial charge in [-0.1, -0.05) is 18.2 Å². The second-order valence-electron chi connectivity index (χ2n) is 6.65. The molecule has 1 heterocycles. The number of nitrogens with two attached hydrogens (primary N) is 1. The largest absolute Gasteiger partial charge is 0.398 e. The molecular formula is C21H12N2O4. The van der Waals surface area contributed by atoms with Crippen molar-refractivity contribution >= 4 is 39.8 Å². The van der Waals surface area contributed by atoms with Crippen LogP contribution in [0.4, 0.5) is 5.69 Å². The molecule has 0 aromatic heterocycles. The zero-order valence-corrected chi connectivity index (χ0v) is 13.9. The molecule has 130 valence electrons. The molecule has 6 heteroatoms. The van der Waals surface area contributed by atoms with E-state index in [1.165, 1.54) is 12.1 Å². The smallest absolute Gasteiger partial charge is 0.258 e. The van der Waals surface area contributed by atoms with Gasteiger partial charge in [0.2, 0.25) is 0 Å². The minimum Gasteiger partial charge on any atom is -0.398 e. The topological polar surface area (TPSA) is 106 Å². The van der Waals surface area contributed by atoms with E-state index in [1.807, 2.05) is 0 Å². The molecule has 5 rings (SSSR count). The number of amides is 2. The molecule has 2 amide bonds. The number of Topliss-reactive ketones (excluding diaryl/α,β-unsaturated/α-hetero) is 2. The first-order valence-electron chi connectivity index (χ1n) is 8.37. The molecule has 3 N–H and O–H groups in total. The molecule has 1 aliphatic heterocycles. The summed E-state index contributed by atoms with van der Waals surface area (Å²) in [4.78, 5) is 50.8. The average Bonchev–Trinajstić information content (AvgIpc) is 2.66. The number of nitrogen functional groups attached to an aromatic ring is 1. The lowest BCUT2D eigenvalue weighted by Crippen LogP contribution is -2.36. The molecule has 0 spiro atoms. The molecule has 27 heavy (non-hydrogen) atoms. The predicted octanol–water partition coefficient (Wildman–Crippen LogP) is 2.47. The maximum atomic E-state index is 13.2. The first-order chi connectivity index (χ1) is 13.0. The summed E-state index contributed by atoms with van der Waals surface area (Å²) in [5.41, 5.74) is 8.04. The second-order valence-corrected chi connectivity index (χ2v) is 6.65. The van der Waals surface area contributed by atoms with Crippen molar-refractivity contribution in [2.75, 3.05) is 5.73 Å². The van der Waals surface area contributed by atoms with Crippen LogP contribution in [0.1, 0.15) is 52.9 Å². The second kappa shape index (κ2) is 5.11. The van der Waals surface area contributed by atoms with Crippen molar-refractivity contribution < 1.29 is 19.2 Å². The van der Waals surface area contributed by atoms with Crippen LogP contribution in [-0.2, 0) is 0 Å². The van der Waals surface area contributed by atoms with Gasteiger partial charge in [0, 0.05) is 38.7 Å². The lowest BCUT2D eigenvalue weighted by molar-refractivity contribution is 0.0828. The van der Waals surface area contributed by atoms with E-state index in [9.17, 15) is 19.2 Å². The first-order valence-corrected chi connectivity index (χ1v) is 8.37. The summed E-state index contributed by atoms with van der Waals surface area (Å²) in [6.45, 7) is 0.